The molecule has 0 fully saturated rings. The number of hydrogen-bond acceptors (Lipinski definition) is 6. The zero-order valence-electron chi connectivity index (χ0n) is 18.3. The Morgan fingerprint density at radius 2 is 2.06 bits per heavy atom. The Labute approximate surface area is 189 Å². The molecule has 0 unspecified atom stereocenters. The maximum Gasteiger partial charge on any atom is 0.269 e. The topological polar surface area (TPSA) is 106 Å². The number of hydrogen-bond donors (Lipinski definition) is 1. The number of aromatic nitrogens is 2. The van der Waals surface area contributed by atoms with Crippen molar-refractivity contribution >= 4 is 17.6 Å². The molecule has 170 valence electrons. The molecule has 3 rings (SSSR count). The van der Waals surface area contributed by atoms with Crippen molar-refractivity contribution < 1.29 is 18.7 Å². The number of rotatable bonds is 9. The van der Waals surface area contributed by atoms with Gasteiger partial charge in [0.25, 0.3) is 11.5 Å². The summed E-state index contributed by atoms with van der Waals surface area (Å²) >= 11 is 0. The molecule has 0 aliphatic carbocycles. The molecule has 2 aromatic heterocycles. The molecule has 0 aliphatic rings. The number of pyridine rings is 1. The van der Waals surface area contributed by atoms with E-state index in [0.29, 0.717) is 31.8 Å². The van der Waals surface area contributed by atoms with Gasteiger partial charge in [-0.15, -0.1) is 0 Å². The van der Waals surface area contributed by atoms with Crippen molar-refractivity contribution in [2.75, 3.05) is 19.8 Å². The van der Waals surface area contributed by atoms with Crippen LogP contribution in [0.3, 0.4) is 0 Å². The van der Waals surface area contributed by atoms with Crippen molar-refractivity contribution in [3.8, 4) is 17.7 Å². The fourth-order valence-electron chi connectivity index (χ4n) is 3.02. The third-order valence-electron chi connectivity index (χ3n) is 4.69. The Hall–Kier alpha value is -4.03. The van der Waals surface area contributed by atoms with Crippen LogP contribution in [-0.2, 0) is 9.53 Å². The van der Waals surface area contributed by atoms with E-state index in [2.05, 4.69) is 10.3 Å². The van der Waals surface area contributed by atoms with Crippen LogP contribution in [0, 0.1) is 24.1 Å². The second kappa shape index (κ2) is 11.0. The van der Waals surface area contributed by atoms with Crippen LogP contribution in [-0.4, -0.2) is 35.1 Å². The summed E-state index contributed by atoms with van der Waals surface area (Å²) in [5, 5.41) is 12.2. The first kappa shape index (κ1) is 23.6. The predicted molar refractivity (Wildman–Crippen MR) is 120 cm³/mol. The number of amides is 1. The molecular weight excluding hydrogens is 427 g/mol. The standard InChI is InChI=1S/C24H23FN4O4/c1-3-32-13-5-11-27-22(30)17(15-26)14-20-23(33-19-9-7-18(25)8-10-19)28-21-16(2)6-4-12-29(21)24(20)31/h4,6-10,12,14H,3,5,11,13H2,1-2H3,(H,27,30)/b17-14+. The minimum Gasteiger partial charge on any atom is -0.438 e. The first-order valence-corrected chi connectivity index (χ1v) is 10.4. The summed E-state index contributed by atoms with van der Waals surface area (Å²) in [7, 11) is 0. The minimum atomic E-state index is -0.629. The number of nitrogens with one attached hydrogen (secondary N) is 1. The summed E-state index contributed by atoms with van der Waals surface area (Å²) in [6, 6.07) is 10.5. The molecule has 0 saturated carbocycles. The van der Waals surface area contributed by atoms with Crippen LogP contribution in [0.2, 0.25) is 0 Å². The molecule has 0 spiro atoms. The summed E-state index contributed by atoms with van der Waals surface area (Å²) in [4.78, 5) is 30.2. The Morgan fingerprint density at radius 3 is 2.76 bits per heavy atom. The van der Waals surface area contributed by atoms with Crippen molar-refractivity contribution in [1.29, 1.82) is 5.26 Å². The van der Waals surface area contributed by atoms with Crippen LogP contribution in [0.4, 0.5) is 4.39 Å². The summed E-state index contributed by atoms with van der Waals surface area (Å²) in [6.07, 6.45) is 3.27. The van der Waals surface area contributed by atoms with E-state index in [4.69, 9.17) is 9.47 Å². The molecule has 8 nitrogen and oxygen atoms in total. The quantitative estimate of drug-likeness (QED) is 0.304. The van der Waals surface area contributed by atoms with Crippen LogP contribution in [0.15, 0.2) is 53.0 Å². The number of carbonyl (C=O) groups is 1. The number of nitrogens with zero attached hydrogens (tertiary/aromatic N) is 3. The molecule has 1 N–H and O–H groups in total. The molecule has 3 aromatic rings. The predicted octanol–water partition coefficient (Wildman–Crippen LogP) is 3.38. The Balaban J connectivity index is 2.02. The van der Waals surface area contributed by atoms with Crippen molar-refractivity contribution in [3.63, 3.8) is 0 Å². The monoisotopic (exact) mass is 450 g/mol. The average Bonchev–Trinajstić information content (AvgIpc) is 2.81. The normalized spacial score (nSPS) is 11.3. The van der Waals surface area contributed by atoms with Crippen LogP contribution >= 0.6 is 0 Å². The van der Waals surface area contributed by atoms with E-state index >= 15 is 0 Å². The lowest BCUT2D eigenvalue weighted by Gasteiger charge is -2.11. The van der Waals surface area contributed by atoms with E-state index in [-0.39, 0.29) is 22.8 Å². The molecule has 0 radical (unpaired) electrons. The summed E-state index contributed by atoms with van der Waals surface area (Å²) < 4.78 is 25.6. The van der Waals surface area contributed by atoms with Crippen LogP contribution in [0.25, 0.3) is 11.7 Å². The van der Waals surface area contributed by atoms with Gasteiger partial charge in [-0.3, -0.25) is 14.0 Å². The largest absolute Gasteiger partial charge is 0.438 e. The molecule has 9 heteroatoms. The Bertz CT molecular complexity index is 1280. The van der Waals surface area contributed by atoms with E-state index in [9.17, 15) is 19.2 Å². The molecule has 2 heterocycles. The SMILES string of the molecule is CCOCCCNC(=O)/C(C#N)=C/c1c(Oc2ccc(F)cc2)nc2c(C)cccn2c1=O. The number of halogens is 1. The van der Waals surface area contributed by atoms with Crippen molar-refractivity contribution in [2.24, 2.45) is 0 Å². The smallest absolute Gasteiger partial charge is 0.269 e. The lowest BCUT2D eigenvalue weighted by Crippen LogP contribution is -2.27. The zero-order chi connectivity index (χ0) is 23.8. The third-order valence-corrected chi connectivity index (χ3v) is 4.69. The average molecular weight is 450 g/mol. The van der Waals surface area contributed by atoms with Crippen molar-refractivity contribution in [3.05, 3.63) is 75.5 Å². The Morgan fingerprint density at radius 1 is 1.30 bits per heavy atom. The fraction of sp³-hybridized carbons (Fsp3) is 0.250. The van der Waals surface area contributed by atoms with Gasteiger partial charge in [0.05, 0.1) is 0 Å². The molecule has 0 aliphatic heterocycles. The van der Waals surface area contributed by atoms with Gasteiger partial charge < -0.3 is 14.8 Å². The van der Waals surface area contributed by atoms with Gasteiger partial charge in [0.1, 0.15) is 34.4 Å². The van der Waals surface area contributed by atoms with Gasteiger partial charge in [0, 0.05) is 26.0 Å². The highest BCUT2D eigenvalue weighted by Gasteiger charge is 2.18. The number of fused-ring (bicyclic) bond motifs is 1. The summed E-state index contributed by atoms with van der Waals surface area (Å²) in [5.41, 5.74) is 0.209. The Kier molecular flexibility index (Phi) is 7.89. The lowest BCUT2D eigenvalue weighted by atomic mass is 10.1. The number of nitriles is 1. The van der Waals surface area contributed by atoms with Gasteiger partial charge in [-0.25, -0.2) is 4.39 Å². The van der Waals surface area contributed by atoms with Crippen LogP contribution in [0.1, 0.15) is 24.5 Å². The van der Waals surface area contributed by atoms with E-state index in [1.807, 2.05) is 13.0 Å². The number of benzene rings is 1. The van der Waals surface area contributed by atoms with Gasteiger partial charge in [0.2, 0.25) is 5.88 Å². The van der Waals surface area contributed by atoms with Crippen LogP contribution < -0.4 is 15.6 Å². The molecule has 33 heavy (non-hydrogen) atoms. The molecular formula is C24H23FN4O4. The van der Waals surface area contributed by atoms with Crippen molar-refractivity contribution in [2.45, 2.75) is 20.3 Å². The number of carbonyl (C=O) groups excluding carboxylic acids is 1. The highest BCUT2D eigenvalue weighted by atomic mass is 19.1. The number of aryl methyl sites for hydroxylation is 1. The van der Waals surface area contributed by atoms with Gasteiger partial charge >= 0.3 is 0 Å². The summed E-state index contributed by atoms with van der Waals surface area (Å²) in [6.45, 7) is 5.03. The van der Waals surface area contributed by atoms with E-state index in [1.54, 1.807) is 19.1 Å². The molecule has 1 amide bonds. The fourth-order valence-corrected chi connectivity index (χ4v) is 3.02. The first-order valence-electron chi connectivity index (χ1n) is 10.4. The zero-order valence-corrected chi connectivity index (χ0v) is 18.3. The lowest BCUT2D eigenvalue weighted by molar-refractivity contribution is -0.117. The minimum absolute atomic E-state index is 0.0801. The van der Waals surface area contributed by atoms with Gasteiger partial charge in [-0.2, -0.15) is 10.2 Å². The molecule has 0 atom stereocenters. The second-order valence-corrected chi connectivity index (χ2v) is 7.05. The van der Waals surface area contributed by atoms with Gasteiger partial charge in [0.15, 0.2) is 0 Å². The maximum atomic E-state index is 13.3. The first-order chi connectivity index (χ1) is 15.9. The van der Waals surface area contributed by atoms with E-state index < -0.39 is 17.3 Å². The van der Waals surface area contributed by atoms with Crippen molar-refractivity contribution in [1.82, 2.24) is 14.7 Å². The molecule has 0 saturated heterocycles. The van der Waals surface area contributed by atoms with E-state index in [1.165, 1.54) is 34.9 Å². The highest BCUT2D eigenvalue weighted by Crippen LogP contribution is 2.25. The second-order valence-electron chi connectivity index (χ2n) is 7.05. The third kappa shape index (κ3) is 5.81. The highest BCUT2D eigenvalue weighted by molar-refractivity contribution is 6.01. The van der Waals surface area contributed by atoms with Gasteiger partial charge in [-0.05, 0) is 62.2 Å². The molecule has 0 bridgehead atoms. The van der Waals surface area contributed by atoms with Crippen LogP contribution in [0.5, 0.6) is 11.6 Å². The van der Waals surface area contributed by atoms with Gasteiger partial charge in [-0.1, -0.05) is 6.07 Å². The number of ether oxygens (including phenoxy) is 2. The maximum absolute atomic E-state index is 13.3. The summed E-state index contributed by atoms with van der Waals surface area (Å²) in [5.74, 6) is -0.930. The molecule has 1 aromatic carbocycles. The van der Waals surface area contributed by atoms with E-state index in [0.717, 1.165) is 11.6 Å².